The Morgan fingerprint density at radius 1 is 1.28 bits per heavy atom. The summed E-state index contributed by atoms with van der Waals surface area (Å²) in [5.74, 6) is -0.906. The van der Waals surface area contributed by atoms with Gasteiger partial charge in [-0.1, -0.05) is 6.92 Å². The third kappa shape index (κ3) is 3.96. The molecule has 0 saturated carbocycles. The van der Waals surface area contributed by atoms with E-state index >= 15 is 0 Å². The van der Waals surface area contributed by atoms with Crippen molar-refractivity contribution in [3.63, 3.8) is 0 Å². The van der Waals surface area contributed by atoms with Crippen molar-refractivity contribution in [1.82, 2.24) is 5.32 Å². The van der Waals surface area contributed by atoms with Gasteiger partial charge in [0, 0.05) is 12.6 Å². The summed E-state index contributed by atoms with van der Waals surface area (Å²) in [7, 11) is 0. The number of rotatable bonds is 5. The standard InChI is InChI=1S/C12H16F4N2/c1-2-3-18-11(7-17)8-4-9(12(14,15)16)6-10(13)5-8/h4-6,11,18H,2-3,7,17H2,1H3. The van der Waals surface area contributed by atoms with Crippen LogP contribution < -0.4 is 11.1 Å². The smallest absolute Gasteiger partial charge is 0.329 e. The molecule has 1 unspecified atom stereocenters. The number of hydrogen-bond acceptors (Lipinski definition) is 2. The molecule has 0 amide bonds. The fraction of sp³-hybridized carbons (Fsp3) is 0.500. The highest BCUT2D eigenvalue weighted by Gasteiger charge is 2.31. The van der Waals surface area contributed by atoms with Crippen molar-refractivity contribution in [3.05, 3.63) is 35.1 Å². The zero-order valence-corrected chi connectivity index (χ0v) is 10.0. The summed E-state index contributed by atoms with van der Waals surface area (Å²) in [5, 5.41) is 2.98. The number of nitrogens with one attached hydrogen (secondary N) is 1. The van der Waals surface area contributed by atoms with E-state index in [0.717, 1.165) is 18.6 Å². The van der Waals surface area contributed by atoms with Crippen LogP contribution in [0, 0.1) is 5.82 Å². The number of benzene rings is 1. The highest BCUT2D eigenvalue weighted by molar-refractivity contribution is 5.29. The molecule has 18 heavy (non-hydrogen) atoms. The quantitative estimate of drug-likeness (QED) is 0.802. The minimum atomic E-state index is -4.55. The average molecular weight is 264 g/mol. The van der Waals surface area contributed by atoms with E-state index in [1.807, 2.05) is 6.92 Å². The van der Waals surface area contributed by atoms with E-state index in [1.54, 1.807) is 0 Å². The van der Waals surface area contributed by atoms with Crippen LogP contribution in [0.3, 0.4) is 0 Å². The van der Waals surface area contributed by atoms with E-state index in [1.165, 1.54) is 0 Å². The minimum Gasteiger partial charge on any atom is -0.329 e. The Labute approximate surface area is 103 Å². The van der Waals surface area contributed by atoms with Gasteiger partial charge in [0.1, 0.15) is 5.82 Å². The summed E-state index contributed by atoms with van der Waals surface area (Å²) in [4.78, 5) is 0. The molecule has 0 bridgehead atoms. The molecule has 3 N–H and O–H groups in total. The first-order valence-electron chi connectivity index (χ1n) is 5.69. The van der Waals surface area contributed by atoms with Crippen LogP contribution in [0.1, 0.15) is 30.5 Å². The summed E-state index contributed by atoms with van der Waals surface area (Å²) in [5.41, 5.74) is 4.72. The third-order valence-corrected chi connectivity index (χ3v) is 2.53. The Kier molecular flexibility index (Phi) is 5.10. The maximum Gasteiger partial charge on any atom is 0.416 e. The van der Waals surface area contributed by atoms with Gasteiger partial charge >= 0.3 is 6.18 Å². The van der Waals surface area contributed by atoms with Crippen LogP contribution in [0.15, 0.2) is 18.2 Å². The van der Waals surface area contributed by atoms with Gasteiger partial charge < -0.3 is 11.1 Å². The summed E-state index contributed by atoms with van der Waals surface area (Å²) in [6.45, 7) is 2.65. The fourth-order valence-electron chi connectivity index (χ4n) is 1.63. The molecule has 0 aliphatic rings. The predicted molar refractivity (Wildman–Crippen MR) is 61.5 cm³/mol. The van der Waals surface area contributed by atoms with Gasteiger partial charge in [0.15, 0.2) is 0 Å². The summed E-state index contributed by atoms with van der Waals surface area (Å²) >= 11 is 0. The van der Waals surface area contributed by atoms with Crippen molar-refractivity contribution in [2.75, 3.05) is 13.1 Å². The van der Waals surface area contributed by atoms with Crippen LogP contribution in [0.5, 0.6) is 0 Å². The molecule has 0 aliphatic carbocycles. The summed E-state index contributed by atoms with van der Waals surface area (Å²) in [6.07, 6.45) is -3.74. The van der Waals surface area contributed by atoms with E-state index in [2.05, 4.69) is 5.32 Å². The van der Waals surface area contributed by atoms with Gasteiger partial charge in [0.2, 0.25) is 0 Å². The molecular formula is C12H16F4N2. The predicted octanol–water partition coefficient (Wildman–Crippen LogP) is 2.84. The molecule has 6 heteroatoms. The number of hydrogen-bond donors (Lipinski definition) is 2. The van der Waals surface area contributed by atoms with E-state index < -0.39 is 23.6 Å². The fourth-order valence-corrected chi connectivity index (χ4v) is 1.63. The largest absolute Gasteiger partial charge is 0.416 e. The molecule has 0 radical (unpaired) electrons. The first-order valence-corrected chi connectivity index (χ1v) is 5.69. The Balaban J connectivity index is 3.04. The highest BCUT2D eigenvalue weighted by atomic mass is 19.4. The van der Waals surface area contributed by atoms with Gasteiger partial charge in [-0.05, 0) is 36.7 Å². The molecule has 0 spiro atoms. The molecule has 1 rings (SSSR count). The number of nitrogens with two attached hydrogens (primary N) is 1. The Bertz CT molecular complexity index is 390. The van der Waals surface area contributed by atoms with Crippen LogP contribution in [-0.2, 0) is 6.18 Å². The van der Waals surface area contributed by atoms with Gasteiger partial charge in [-0.3, -0.25) is 0 Å². The van der Waals surface area contributed by atoms with Crippen molar-refractivity contribution >= 4 is 0 Å². The average Bonchev–Trinajstić information content (AvgIpc) is 2.28. The second-order valence-corrected chi connectivity index (χ2v) is 4.01. The normalized spacial score (nSPS) is 13.7. The molecule has 2 nitrogen and oxygen atoms in total. The molecule has 0 heterocycles. The molecule has 0 fully saturated rings. The maximum atomic E-state index is 13.2. The Morgan fingerprint density at radius 3 is 2.44 bits per heavy atom. The molecular weight excluding hydrogens is 248 g/mol. The summed E-state index contributed by atoms with van der Waals surface area (Å²) in [6, 6.07) is 2.03. The Hall–Kier alpha value is -1.14. The highest BCUT2D eigenvalue weighted by Crippen LogP contribution is 2.31. The summed E-state index contributed by atoms with van der Waals surface area (Å²) < 4.78 is 50.9. The Morgan fingerprint density at radius 2 is 1.94 bits per heavy atom. The third-order valence-electron chi connectivity index (χ3n) is 2.53. The van der Waals surface area contributed by atoms with Gasteiger partial charge in [0.05, 0.1) is 5.56 Å². The van der Waals surface area contributed by atoms with Gasteiger partial charge in [-0.15, -0.1) is 0 Å². The molecule has 1 atom stereocenters. The van der Waals surface area contributed by atoms with Crippen molar-refractivity contribution in [1.29, 1.82) is 0 Å². The van der Waals surface area contributed by atoms with E-state index in [9.17, 15) is 17.6 Å². The van der Waals surface area contributed by atoms with Crippen LogP contribution in [0.25, 0.3) is 0 Å². The molecule has 0 aromatic heterocycles. The molecule has 102 valence electrons. The van der Waals surface area contributed by atoms with Gasteiger partial charge in [-0.25, -0.2) is 4.39 Å². The van der Waals surface area contributed by atoms with Crippen molar-refractivity contribution < 1.29 is 17.6 Å². The number of alkyl halides is 3. The van der Waals surface area contributed by atoms with Gasteiger partial charge in [-0.2, -0.15) is 13.2 Å². The van der Waals surface area contributed by atoms with E-state index in [-0.39, 0.29) is 12.1 Å². The maximum absolute atomic E-state index is 13.2. The first kappa shape index (κ1) is 14.9. The van der Waals surface area contributed by atoms with Crippen LogP contribution in [0.2, 0.25) is 0 Å². The zero-order valence-electron chi connectivity index (χ0n) is 10.0. The minimum absolute atomic E-state index is 0.112. The lowest BCUT2D eigenvalue weighted by atomic mass is 10.0. The van der Waals surface area contributed by atoms with Crippen LogP contribution in [0.4, 0.5) is 17.6 Å². The molecule has 1 aromatic carbocycles. The molecule has 0 aliphatic heterocycles. The van der Waals surface area contributed by atoms with Crippen molar-refractivity contribution in [2.24, 2.45) is 5.73 Å². The van der Waals surface area contributed by atoms with Crippen LogP contribution >= 0.6 is 0 Å². The van der Waals surface area contributed by atoms with Crippen molar-refractivity contribution in [3.8, 4) is 0 Å². The SMILES string of the molecule is CCCNC(CN)c1cc(F)cc(C(F)(F)F)c1. The zero-order chi connectivity index (χ0) is 13.8. The second-order valence-electron chi connectivity index (χ2n) is 4.01. The van der Waals surface area contributed by atoms with E-state index in [4.69, 9.17) is 5.73 Å². The van der Waals surface area contributed by atoms with Crippen LogP contribution in [-0.4, -0.2) is 13.1 Å². The van der Waals surface area contributed by atoms with E-state index in [0.29, 0.717) is 12.6 Å². The lowest BCUT2D eigenvalue weighted by Gasteiger charge is -2.18. The molecule has 1 aromatic rings. The second kappa shape index (κ2) is 6.15. The van der Waals surface area contributed by atoms with Crippen molar-refractivity contribution in [2.45, 2.75) is 25.6 Å². The first-order chi connectivity index (χ1) is 8.38. The lowest BCUT2D eigenvalue weighted by Crippen LogP contribution is -2.29. The monoisotopic (exact) mass is 264 g/mol. The number of halogens is 4. The topological polar surface area (TPSA) is 38.0 Å². The van der Waals surface area contributed by atoms with Gasteiger partial charge in [0.25, 0.3) is 0 Å². The molecule has 0 saturated heterocycles. The lowest BCUT2D eigenvalue weighted by molar-refractivity contribution is -0.137.